The van der Waals surface area contributed by atoms with E-state index in [1.54, 1.807) is 19.9 Å². The molecule has 0 aromatic heterocycles. The summed E-state index contributed by atoms with van der Waals surface area (Å²) in [6, 6.07) is 9.28. The largest absolute Gasteiger partial charge is 0.460 e. The first kappa shape index (κ1) is 27.3. The molecule has 1 heterocycles. The number of aliphatic hydroxyl groups is 2. The third-order valence-electron chi connectivity index (χ3n) is 8.55. The number of benzene rings is 1. The molecule has 7 unspecified atom stereocenters. The Morgan fingerprint density at radius 3 is 2.35 bits per heavy atom. The lowest BCUT2D eigenvalue weighted by Gasteiger charge is -2.64. The van der Waals surface area contributed by atoms with Gasteiger partial charge in [-0.2, -0.15) is 0 Å². The van der Waals surface area contributed by atoms with E-state index in [4.69, 9.17) is 18.9 Å². The first-order chi connectivity index (χ1) is 17.3. The van der Waals surface area contributed by atoms with E-state index in [1.165, 1.54) is 13.0 Å². The van der Waals surface area contributed by atoms with Crippen LogP contribution in [0.5, 0.6) is 0 Å². The van der Waals surface area contributed by atoms with Crippen LogP contribution in [0.15, 0.2) is 36.4 Å². The standard InChI is InChI=1S/C28H36O9/c1-17(30)34-24-19-15-21(36-22(31)12-11-18-9-7-6-8-10-18)27(5)20(35-23(32)16-29)13-14-26(4,33)28(24,27)37-25(19,2)3/h6-12,19-21,24,29,33H,13-16H2,1-5H3. The molecule has 37 heavy (non-hydrogen) atoms. The quantitative estimate of drug-likeness (QED) is 0.333. The average molecular weight is 517 g/mol. The van der Waals surface area contributed by atoms with Crippen LogP contribution in [0.4, 0.5) is 0 Å². The van der Waals surface area contributed by atoms with Gasteiger partial charge in [-0.3, -0.25) is 4.79 Å². The van der Waals surface area contributed by atoms with Crippen molar-refractivity contribution in [1.29, 1.82) is 0 Å². The molecule has 1 aromatic carbocycles. The Labute approximate surface area is 216 Å². The van der Waals surface area contributed by atoms with E-state index in [1.807, 2.05) is 44.2 Å². The van der Waals surface area contributed by atoms with Crippen LogP contribution in [0.25, 0.3) is 6.08 Å². The van der Waals surface area contributed by atoms with Crippen molar-refractivity contribution in [2.24, 2.45) is 11.3 Å². The van der Waals surface area contributed by atoms with Crippen molar-refractivity contribution < 1.29 is 43.5 Å². The predicted octanol–water partition coefficient (Wildman–Crippen LogP) is 2.57. The van der Waals surface area contributed by atoms with E-state index >= 15 is 0 Å². The van der Waals surface area contributed by atoms with Gasteiger partial charge < -0.3 is 29.2 Å². The number of rotatable bonds is 6. The Morgan fingerprint density at radius 1 is 1.05 bits per heavy atom. The molecule has 3 aliphatic rings. The molecule has 7 atom stereocenters. The molecule has 1 aliphatic heterocycles. The van der Waals surface area contributed by atoms with Crippen LogP contribution in [0, 0.1) is 11.3 Å². The maximum atomic E-state index is 13.1. The molecule has 9 heteroatoms. The number of carbonyl (C=O) groups is 3. The molecular formula is C28H36O9. The van der Waals surface area contributed by atoms with Crippen LogP contribution < -0.4 is 0 Å². The van der Waals surface area contributed by atoms with Gasteiger partial charge in [0.1, 0.15) is 30.5 Å². The first-order valence-corrected chi connectivity index (χ1v) is 12.6. The summed E-state index contributed by atoms with van der Waals surface area (Å²) >= 11 is 0. The molecule has 0 amide bonds. The molecule has 4 rings (SSSR count). The molecule has 3 fully saturated rings. The molecule has 1 aromatic rings. The predicted molar refractivity (Wildman–Crippen MR) is 132 cm³/mol. The second-order valence-electron chi connectivity index (χ2n) is 11.2. The number of fused-ring (bicyclic) bond motifs is 1. The van der Waals surface area contributed by atoms with Gasteiger partial charge in [0, 0.05) is 18.9 Å². The molecule has 202 valence electrons. The van der Waals surface area contributed by atoms with Crippen LogP contribution in [-0.2, 0) is 33.3 Å². The number of aliphatic hydroxyl groups excluding tert-OH is 1. The van der Waals surface area contributed by atoms with Crippen LogP contribution in [0.1, 0.15) is 59.4 Å². The Morgan fingerprint density at radius 2 is 1.73 bits per heavy atom. The second kappa shape index (κ2) is 9.53. The van der Waals surface area contributed by atoms with Gasteiger partial charge in [0.25, 0.3) is 0 Å². The highest BCUT2D eigenvalue weighted by atomic mass is 16.6. The lowest BCUT2D eigenvalue weighted by atomic mass is 9.47. The molecule has 2 aliphatic carbocycles. The van der Waals surface area contributed by atoms with E-state index in [0.717, 1.165) is 5.56 Å². The van der Waals surface area contributed by atoms with E-state index in [-0.39, 0.29) is 19.3 Å². The lowest BCUT2D eigenvalue weighted by Crippen LogP contribution is -2.79. The lowest BCUT2D eigenvalue weighted by molar-refractivity contribution is -0.329. The highest BCUT2D eigenvalue weighted by Gasteiger charge is 2.82. The van der Waals surface area contributed by atoms with Crippen LogP contribution >= 0.6 is 0 Å². The first-order valence-electron chi connectivity index (χ1n) is 12.6. The van der Waals surface area contributed by atoms with E-state index in [0.29, 0.717) is 0 Å². The van der Waals surface area contributed by atoms with Gasteiger partial charge in [-0.1, -0.05) is 30.3 Å². The monoisotopic (exact) mass is 516 g/mol. The van der Waals surface area contributed by atoms with Gasteiger partial charge >= 0.3 is 17.9 Å². The fourth-order valence-corrected chi connectivity index (χ4v) is 6.88. The highest BCUT2D eigenvalue weighted by molar-refractivity contribution is 5.87. The summed E-state index contributed by atoms with van der Waals surface area (Å²) in [5, 5.41) is 21.3. The minimum absolute atomic E-state index is 0.168. The molecular weight excluding hydrogens is 480 g/mol. The van der Waals surface area contributed by atoms with Crippen LogP contribution in [0.3, 0.4) is 0 Å². The maximum Gasteiger partial charge on any atom is 0.332 e. The number of carbonyl (C=O) groups excluding carboxylic acids is 3. The normalized spacial score (nSPS) is 38.0. The fourth-order valence-electron chi connectivity index (χ4n) is 6.88. The van der Waals surface area contributed by atoms with Crippen molar-refractivity contribution in [3.05, 3.63) is 42.0 Å². The number of hydrogen-bond donors (Lipinski definition) is 2. The fraction of sp³-hybridized carbons (Fsp3) is 0.607. The topological polar surface area (TPSA) is 129 Å². The second-order valence-corrected chi connectivity index (χ2v) is 11.2. The van der Waals surface area contributed by atoms with Crippen molar-refractivity contribution in [2.45, 2.75) is 89.0 Å². The maximum absolute atomic E-state index is 13.1. The average Bonchev–Trinajstić information content (AvgIpc) is 3.01. The molecule has 0 radical (unpaired) electrons. The third kappa shape index (κ3) is 4.36. The zero-order valence-electron chi connectivity index (χ0n) is 21.9. The van der Waals surface area contributed by atoms with Gasteiger partial charge in [0.15, 0.2) is 0 Å². The van der Waals surface area contributed by atoms with Crippen LogP contribution in [0.2, 0.25) is 0 Å². The minimum atomic E-state index is -1.56. The Bertz CT molecular complexity index is 1080. The summed E-state index contributed by atoms with van der Waals surface area (Å²) in [6.07, 6.45) is 0.974. The van der Waals surface area contributed by atoms with Crippen molar-refractivity contribution in [2.75, 3.05) is 6.61 Å². The third-order valence-corrected chi connectivity index (χ3v) is 8.55. The number of esters is 3. The van der Waals surface area contributed by atoms with Crippen molar-refractivity contribution in [3.8, 4) is 0 Å². The van der Waals surface area contributed by atoms with Crippen molar-refractivity contribution in [3.63, 3.8) is 0 Å². The summed E-state index contributed by atoms with van der Waals surface area (Å²) < 4.78 is 24.3. The zero-order chi connectivity index (χ0) is 27.2. The van der Waals surface area contributed by atoms with Gasteiger partial charge in [-0.15, -0.1) is 0 Å². The van der Waals surface area contributed by atoms with Crippen molar-refractivity contribution >= 4 is 24.0 Å². The zero-order valence-corrected chi connectivity index (χ0v) is 21.9. The van der Waals surface area contributed by atoms with E-state index in [9.17, 15) is 24.6 Å². The van der Waals surface area contributed by atoms with Crippen LogP contribution in [-0.4, -0.2) is 69.8 Å². The van der Waals surface area contributed by atoms with Gasteiger partial charge in [0.2, 0.25) is 0 Å². The van der Waals surface area contributed by atoms with E-state index < -0.39 is 71.0 Å². The summed E-state index contributed by atoms with van der Waals surface area (Å²) in [4.78, 5) is 37.6. The van der Waals surface area contributed by atoms with Crippen molar-refractivity contribution in [1.82, 2.24) is 0 Å². The number of hydrogen-bond acceptors (Lipinski definition) is 9. The Hall–Kier alpha value is -2.75. The molecule has 2 bridgehead atoms. The summed E-state index contributed by atoms with van der Waals surface area (Å²) in [5.74, 6) is -2.41. The summed E-state index contributed by atoms with van der Waals surface area (Å²) in [7, 11) is 0. The highest BCUT2D eigenvalue weighted by Crippen LogP contribution is 2.68. The Kier molecular flexibility index (Phi) is 7.03. The SMILES string of the molecule is CC(=O)OC1C2CC(OC(=O)C=Cc3ccccc3)C3(C)C(OC(=O)CO)CCC(C)(O)C13OC2(C)C. The summed E-state index contributed by atoms with van der Waals surface area (Å²) in [5.41, 5.74) is -4.46. The smallest absolute Gasteiger partial charge is 0.332 e. The molecule has 2 N–H and O–H groups in total. The molecule has 1 saturated heterocycles. The van der Waals surface area contributed by atoms with Gasteiger partial charge in [0.05, 0.1) is 16.6 Å². The minimum Gasteiger partial charge on any atom is -0.460 e. The summed E-state index contributed by atoms with van der Waals surface area (Å²) in [6.45, 7) is 7.52. The Balaban J connectivity index is 1.80. The molecule has 2 saturated carbocycles. The van der Waals surface area contributed by atoms with Gasteiger partial charge in [-0.05, 0) is 58.6 Å². The molecule has 9 nitrogen and oxygen atoms in total. The number of ether oxygens (including phenoxy) is 4. The van der Waals surface area contributed by atoms with E-state index in [2.05, 4.69) is 0 Å². The molecule has 1 spiro atoms. The van der Waals surface area contributed by atoms with Gasteiger partial charge in [-0.25, -0.2) is 9.59 Å².